The zero-order chi connectivity index (χ0) is 15.6. The Morgan fingerprint density at radius 3 is 2.19 bits per heavy atom. The van der Waals surface area contributed by atoms with Gasteiger partial charge in [-0.15, -0.1) is 0 Å². The van der Waals surface area contributed by atoms with Crippen LogP contribution in [-0.2, 0) is 5.41 Å². The number of nitrogens with two attached hydrogens (primary N) is 2. The maximum absolute atomic E-state index is 11.4. The van der Waals surface area contributed by atoms with Crippen LogP contribution in [0, 0.1) is 0 Å². The fraction of sp³-hybridized carbons (Fsp3) is 0.235. The first-order valence-electron chi connectivity index (χ1n) is 6.76. The molecular weight excluding hydrogens is 264 g/mol. The second-order valence-electron chi connectivity index (χ2n) is 5.96. The number of para-hydroxylation sites is 1. The number of carbonyl (C=O) groups excluding carboxylic acids is 1. The number of carbonyl (C=O) groups is 1. The molecule has 2 aromatic carbocycles. The van der Waals surface area contributed by atoms with Gasteiger partial charge in [0.15, 0.2) is 5.75 Å². The number of rotatable bonds is 3. The van der Waals surface area contributed by atoms with Gasteiger partial charge in [0.2, 0.25) is 0 Å². The molecule has 0 saturated carbocycles. The summed E-state index contributed by atoms with van der Waals surface area (Å²) in [6.07, 6.45) is 0. The van der Waals surface area contributed by atoms with E-state index in [1.54, 1.807) is 18.2 Å². The van der Waals surface area contributed by atoms with Gasteiger partial charge in [0, 0.05) is 0 Å². The number of anilines is 1. The van der Waals surface area contributed by atoms with E-state index in [1.807, 2.05) is 24.3 Å². The van der Waals surface area contributed by atoms with Crippen LogP contribution in [-0.4, -0.2) is 5.91 Å². The van der Waals surface area contributed by atoms with E-state index >= 15 is 0 Å². The molecule has 0 aromatic heterocycles. The van der Waals surface area contributed by atoms with Crippen LogP contribution in [0.2, 0.25) is 0 Å². The molecular formula is C17H20N2O2. The minimum atomic E-state index is -0.566. The van der Waals surface area contributed by atoms with Crippen molar-refractivity contribution in [1.29, 1.82) is 0 Å². The summed E-state index contributed by atoms with van der Waals surface area (Å²) in [6, 6.07) is 12.7. The summed E-state index contributed by atoms with van der Waals surface area (Å²) < 4.78 is 5.74. The normalized spacial score (nSPS) is 11.2. The summed E-state index contributed by atoms with van der Waals surface area (Å²) in [5, 5.41) is 0. The highest BCUT2D eigenvalue weighted by molar-refractivity contribution is 5.97. The van der Waals surface area contributed by atoms with Gasteiger partial charge in [-0.2, -0.15) is 0 Å². The summed E-state index contributed by atoms with van der Waals surface area (Å²) in [4.78, 5) is 11.4. The Labute approximate surface area is 124 Å². The summed E-state index contributed by atoms with van der Waals surface area (Å²) >= 11 is 0. The quantitative estimate of drug-likeness (QED) is 0.847. The summed E-state index contributed by atoms with van der Waals surface area (Å²) in [7, 11) is 0. The summed E-state index contributed by atoms with van der Waals surface area (Å²) in [5.41, 5.74) is 13.1. The molecule has 2 rings (SSSR count). The minimum Gasteiger partial charge on any atom is -0.454 e. The Hall–Kier alpha value is -2.49. The molecule has 0 aliphatic rings. The number of nitrogen functional groups attached to an aromatic ring is 1. The van der Waals surface area contributed by atoms with E-state index in [4.69, 9.17) is 16.2 Å². The average Bonchev–Trinajstić information content (AvgIpc) is 2.40. The number of benzene rings is 2. The van der Waals surface area contributed by atoms with Crippen molar-refractivity contribution in [2.75, 3.05) is 5.73 Å². The largest absolute Gasteiger partial charge is 0.454 e. The van der Waals surface area contributed by atoms with Gasteiger partial charge in [-0.3, -0.25) is 4.79 Å². The van der Waals surface area contributed by atoms with E-state index in [0.717, 1.165) is 0 Å². The van der Waals surface area contributed by atoms with Gasteiger partial charge in [0.05, 0.1) is 11.3 Å². The lowest BCUT2D eigenvalue weighted by Gasteiger charge is -2.19. The monoisotopic (exact) mass is 284 g/mol. The van der Waals surface area contributed by atoms with Gasteiger partial charge in [0.1, 0.15) is 5.75 Å². The molecule has 0 spiro atoms. The molecule has 0 fully saturated rings. The van der Waals surface area contributed by atoms with Crippen LogP contribution >= 0.6 is 0 Å². The maximum Gasteiger partial charge on any atom is 0.252 e. The van der Waals surface area contributed by atoms with Crippen molar-refractivity contribution >= 4 is 11.6 Å². The Bertz CT molecular complexity index is 655. The average molecular weight is 284 g/mol. The van der Waals surface area contributed by atoms with Crippen molar-refractivity contribution in [2.24, 2.45) is 5.73 Å². The number of amides is 1. The third kappa shape index (κ3) is 3.34. The van der Waals surface area contributed by atoms with Crippen molar-refractivity contribution in [3.05, 3.63) is 53.6 Å². The molecule has 4 N–H and O–H groups in total. The number of hydrogen-bond acceptors (Lipinski definition) is 3. The van der Waals surface area contributed by atoms with Crippen LogP contribution in [0.3, 0.4) is 0 Å². The van der Waals surface area contributed by atoms with Crippen LogP contribution in [0.25, 0.3) is 0 Å². The number of ether oxygens (including phenoxy) is 1. The van der Waals surface area contributed by atoms with Crippen molar-refractivity contribution < 1.29 is 9.53 Å². The van der Waals surface area contributed by atoms with Gasteiger partial charge in [0.25, 0.3) is 5.91 Å². The molecule has 21 heavy (non-hydrogen) atoms. The zero-order valence-corrected chi connectivity index (χ0v) is 12.5. The minimum absolute atomic E-state index is 0.0721. The van der Waals surface area contributed by atoms with Crippen molar-refractivity contribution in [3.8, 4) is 11.5 Å². The molecule has 0 aliphatic heterocycles. The second-order valence-corrected chi connectivity index (χ2v) is 5.96. The third-order valence-electron chi connectivity index (χ3n) is 3.25. The van der Waals surface area contributed by atoms with Crippen LogP contribution in [0.4, 0.5) is 5.69 Å². The maximum atomic E-state index is 11.4. The molecule has 1 amide bonds. The summed E-state index contributed by atoms with van der Waals surface area (Å²) in [5.74, 6) is 0.348. The van der Waals surface area contributed by atoms with Gasteiger partial charge < -0.3 is 16.2 Å². The standard InChI is InChI=1S/C17H20N2O2/c1-17(2,3)11-7-9-12(10-8-11)21-15-13(16(19)20)5-4-6-14(15)18/h4-10H,18H2,1-3H3,(H2,19,20). The molecule has 4 nitrogen and oxygen atoms in total. The highest BCUT2D eigenvalue weighted by Crippen LogP contribution is 2.32. The van der Waals surface area contributed by atoms with E-state index in [0.29, 0.717) is 17.2 Å². The molecule has 4 heteroatoms. The molecule has 0 atom stereocenters. The molecule has 0 saturated heterocycles. The SMILES string of the molecule is CC(C)(C)c1ccc(Oc2c(N)cccc2C(N)=O)cc1. The number of primary amides is 1. The van der Waals surface area contributed by atoms with Gasteiger partial charge in [-0.25, -0.2) is 0 Å². The Kier molecular flexibility index (Phi) is 3.89. The van der Waals surface area contributed by atoms with E-state index in [2.05, 4.69) is 20.8 Å². The summed E-state index contributed by atoms with van der Waals surface area (Å²) in [6.45, 7) is 6.43. The highest BCUT2D eigenvalue weighted by Gasteiger charge is 2.15. The Balaban J connectivity index is 2.33. The Morgan fingerprint density at radius 1 is 1.05 bits per heavy atom. The van der Waals surface area contributed by atoms with Crippen LogP contribution in [0.15, 0.2) is 42.5 Å². The van der Waals surface area contributed by atoms with Crippen molar-refractivity contribution in [2.45, 2.75) is 26.2 Å². The molecule has 110 valence electrons. The van der Waals surface area contributed by atoms with Crippen LogP contribution in [0.5, 0.6) is 11.5 Å². The van der Waals surface area contributed by atoms with Crippen molar-refractivity contribution in [3.63, 3.8) is 0 Å². The predicted octanol–water partition coefficient (Wildman–Crippen LogP) is 3.46. The molecule has 0 bridgehead atoms. The van der Waals surface area contributed by atoms with Gasteiger partial charge in [-0.1, -0.05) is 39.0 Å². The topological polar surface area (TPSA) is 78.3 Å². The first kappa shape index (κ1) is 14.9. The first-order valence-corrected chi connectivity index (χ1v) is 6.76. The van der Waals surface area contributed by atoms with E-state index < -0.39 is 5.91 Å². The Morgan fingerprint density at radius 2 is 1.67 bits per heavy atom. The fourth-order valence-electron chi connectivity index (χ4n) is 2.00. The lowest BCUT2D eigenvalue weighted by molar-refractivity contribution is 0.0998. The fourth-order valence-corrected chi connectivity index (χ4v) is 2.00. The lowest BCUT2D eigenvalue weighted by atomic mass is 9.87. The van der Waals surface area contributed by atoms with E-state index in [9.17, 15) is 4.79 Å². The van der Waals surface area contributed by atoms with Gasteiger partial charge in [-0.05, 0) is 35.2 Å². The molecule has 2 aromatic rings. The molecule has 0 unspecified atom stereocenters. The highest BCUT2D eigenvalue weighted by atomic mass is 16.5. The predicted molar refractivity (Wildman–Crippen MR) is 84.6 cm³/mol. The van der Waals surface area contributed by atoms with Crippen LogP contribution < -0.4 is 16.2 Å². The molecule has 0 aliphatic carbocycles. The van der Waals surface area contributed by atoms with E-state index in [1.165, 1.54) is 5.56 Å². The third-order valence-corrected chi connectivity index (χ3v) is 3.25. The second kappa shape index (κ2) is 5.48. The smallest absolute Gasteiger partial charge is 0.252 e. The van der Waals surface area contributed by atoms with Crippen molar-refractivity contribution in [1.82, 2.24) is 0 Å². The lowest BCUT2D eigenvalue weighted by Crippen LogP contribution is -2.13. The molecule has 0 heterocycles. The number of hydrogen-bond donors (Lipinski definition) is 2. The molecule has 0 radical (unpaired) electrons. The van der Waals surface area contributed by atoms with Gasteiger partial charge >= 0.3 is 0 Å². The van der Waals surface area contributed by atoms with Crippen LogP contribution in [0.1, 0.15) is 36.7 Å². The zero-order valence-electron chi connectivity index (χ0n) is 12.5. The first-order chi connectivity index (χ1) is 9.79. The van der Waals surface area contributed by atoms with E-state index in [-0.39, 0.29) is 11.0 Å².